The summed E-state index contributed by atoms with van der Waals surface area (Å²) in [4.78, 5) is 11.5. The van der Waals surface area contributed by atoms with E-state index in [0.29, 0.717) is 36.4 Å². The minimum absolute atomic E-state index is 0.290. The van der Waals surface area contributed by atoms with Crippen LogP contribution in [0.3, 0.4) is 0 Å². The summed E-state index contributed by atoms with van der Waals surface area (Å²) >= 11 is 0. The van der Waals surface area contributed by atoms with Gasteiger partial charge in [0.05, 0.1) is 34.5 Å². The lowest BCUT2D eigenvalue weighted by Gasteiger charge is -2.27. The third kappa shape index (κ3) is 5.55. The molecule has 0 bridgehead atoms. The van der Waals surface area contributed by atoms with Crippen molar-refractivity contribution in [3.8, 4) is 23.0 Å². The van der Waals surface area contributed by atoms with Crippen LogP contribution in [-0.4, -0.2) is 53.4 Å². The van der Waals surface area contributed by atoms with Crippen molar-refractivity contribution in [2.75, 3.05) is 33.3 Å². The molecule has 1 aliphatic rings. The third-order valence-corrected chi connectivity index (χ3v) is 7.51. The van der Waals surface area contributed by atoms with Gasteiger partial charge in [-0.25, -0.2) is 14.6 Å². The third-order valence-electron chi connectivity index (χ3n) is 7.51. The zero-order valence-electron chi connectivity index (χ0n) is 23.3. The van der Waals surface area contributed by atoms with Crippen LogP contribution in [0.15, 0.2) is 42.7 Å². The average molecular weight is 533 g/mol. The van der Waals surface area contributed by atoms with Crippen molar-refractivity contribution in [1.82, 2.24) is 25.0 Å². The Bertz CT molecular complexity index is 1370. The van der Waals surface area contributed by atoms with Gasteiger partial charge in [0.2, 0.25) is 0 Å². The van der Waals surface area contributed by atoms with Gasteiger partial charge in [-0.05, 0) is 43.0 Å². The predicted molar refractivity (Wildman–Crippen MR) is 149 cm³/mol. The Morgan fingerprint density at radius 3 is 2.05 bits per heavy atom. The fourth-order valence-corrected chi connectivity index (χ4v) is 5.44. The number of benzene rings is 2. The van der Waals surface area contributed by atoms with E-state index in [1.807, 2.05) is 41.1 Å². The summed E-state index contributed by atoms with van der Waals surface area (Å²) in [6.07, 6.45) is 6.20. The lowest BCUT2D eigenvalue weighted by Crippen LogP contribution is -2.24. The van der Waals surface area contributed by atoms with Crippen LogP contribution in [-0.2, 0) is 13.1 Å². The van der Waals surface area contributed by atoms with Crippen molar-refractivity contribution in [3.05, 3.63) is 53.9 Å². The fourth-order valence-electron chi connectivity index (χ4n) is 5.44. The van der Waals surface area contributed by atoms with Crippen molar-refractivity contribution in [3.63, 3.8) is 0 Å². The summed E-state index contributed by atoms with van der Waals surface area (Å²) in [5.41, 5.74) is 3.39. The van der Waals surface area contributed by atoms with Gasteiger partial charge < -0.3 is 23.8 Å². The smallest absolute Gasteiger partial charge is 0.184 e. The molecule has 2 unspecified atom stereocenters. The molecule has 1 saturated carbocycles. The highest BCUT2D eigenvalue weighted by Crippen LogP contribution is 2.36. The van der Waals surface area contributed by atoms with Gasteiger partial charge in [0, 0.05) is 36.3 Å². The van der Waals surface area contributed by atoms with Crippen LogP contribution in [0.2, 0.25) is 0 Å². The molecule has 0 N–H and O–H groups in total. The quantitative estimate of drug-likeness (QED) is 0.272. The number of ether oxygens (including phenoxy) is 4. The molecule has 2 aromatic carbocycles. The number of fused-ring (bicyclic) bond motifs is 1. The van der Waals surface area contributed by atoms with E-state index in [4.69, 9.17) is 23.9 Å². The summed E-state index contributed by atoms with van der Waals surface area (Å²) in [6, 6.07) is 11.9. The number of nitrogens with zero attached hydrogens (tertiary/aromatic N) is 6. The summed E-state index contributed by atoms with van der Waals surface area (Å²) in [7, 11) is 6.61. The average Bonchev–Trinajstić information content (AvgIpc) is 3.41. The molecule has 4 aromatic rings. The molecule has 10 heteroatoms. The molecule has 0 amide bonds. The number of rotatable bonds is 10. The monoisotopic (exact) mass is 532 g/mol. The predicted octanol–water partition coefficient (Wildman–Crippen LogP) is 5.21. The first-order chi connectivity index (χ1) is 19.0. The molecule has 10 nitrogen and oxygen atoms in total. The maximum Gasteiger partial charge on any atom is 0.184 e. The Labute approximate surface area is 228 Å². The summed E-state index contributed by atoms with van der Waals surface area (Å²) in [6.45, 7) is 3.31. The molecule has 5 rings (SSSR count). The molecule has 1 aliphatic carbocycles. The minimum Gasteiger partial charge on any atom is -0.497 e. The second-order valence-corrected chi connectivity index (χ2v) is 10.0. The maximum absolute atomic E-state index is 5.72. The molecule has 1 fully saturated rings. The lowest BCUT2D eigenvalue weighted by molar-refractivity contribution is 0.267. The van der Waals surface area contributed by atoms with Crippen LogP contribution in [0.25, 0.3) is 11.2 Å². The van der Waals surface area contributed by atoms with Gasteiger partial charge in [-0.15, -0.1) is 5.10 Å². The molecule has 0 saturated heterocycles. The van der Waals surface area contributed by atoms with Crippen LogP contribution in [0.5, 0.6) is 23.0 Å². The molecule has 0 spiro atoms. The van der Waals surface area contributed by atoms with Crippen molar-refractivity contribution in [2.45, 2.75) is 51.7 Å². The van der Waals surface area contributed by atoms with Gasteiger partial charge in [0.25, 0.3) is 0 Å². The number of anilines is 1. The van der Waals surface area contributed by atoms with Gasteiger partial charge in [-0.1, -0.05) is 25.0 Å². The molecular weight excluding hydrogens is 496 g/mol. The van der Waals surface area contributed by atoms with Crippen molar-refractivity contribution in [2.24, 2.45) is 5.92 Å². The van der Waals surface area contributed by atoms with Gasteiger partial charge in [-0.2, -0.15) is 0 Å². The van der Waals surface area contributed by atoms with Crippen LogP contribution in [0.1, 0.15) is 49.8 Å². The highest BCUT2D eigenvalue weighted by Gasteiger charge is 2.26. The van der Waals surface area contributed by atoms with Crippen LogP contribution in [0.4, 0.5) is 5.82 Å². The summed E-state index contributed by atoms with van der Waals surface area (Å²) < 4.78 is 24.3. The minimum atomic E-state index is 0.290. The second kappa shape index (κ2) is 11.8. The first kappa shape index (κ1) is 26.5. The Kier molecular flexibility index (Phi) is 7.99. The molecule has 206 valence electrons. The molecule has 2 atom stereocenters. The van der Waals surface area contributed by atoms with Crippen molar-refractivity contribution >= 4 is 17.0 Å². The first-order valence-electron chi connectivity index (χ1n) is 13.3. The van der Waals surface area contributed by atoms with Crippen LogP contribution in [0, 0.1) is 5.92 Å². The normalized spacial score (nSPS) is 17.2. The topological polar surface area (TPSA) is 96.7 Å². The van der Waals surface area contributed by atoms with E-state index in [2.05, 4.69) is 27.1 Å². The molecule has 2 heterocycles. The van der Waals surface area contributed by atoms with E-state index in [9.17, 15) is 0 Å². The summed E-state index contributed by atoms with van der Waals surface area (Å²) in [5.74, 6) is 4.27. The highest BCUT2D eigenvalue weighted by atomic mass is 16.5. The van der Waals surface area contributed by atoms with Gasteiger partial charge >= 0.3 is 0 Å². The second-order valence-electron chi connectivity index (χ2n) is 10.0. The lowest BCUT2D eigenvalue weighted by atomic mass is 9.87. The van der Waals surface area contributed by atoms with E-state index in [0.717, 1.165) is 52.6 Å². The first-order valence-corrected chi connectivity index (χ1v) is 13.3. The zero-order valence-corrected chi connectivity index (χ0v) is 23.3. The molecule has 2 aromatic heterocycles. The zero-order chi connectivity index (χ0) is 27.4. The summed E-state index contributed by atoms with van der Waals surface area (Å²) in [5, 5.41) is 9.19. The molecule has 0 radical (unpaired) electrons. The Morgan fingerprint density at radius 2 is 1.49 bits per heavy atom. The number of hydrogen-bond acceptors (Lipinski definition) is 9. The van der Waals surface area contributed by atoms with E-state index in [1.165, 1.54) is 12.8 Å². The Morgan fingerprint density at radius 1 is 0.846 bits per heavy atom. The van der Waals surface area contributed by atoms with Crippen LogP contribution >= 0.6 is 0 Å². The van der Waals surface area contributed by atoms with Gasteiger partial charge in [0.15, 0.2) is 17.0 Å². The maximum atomic E-state index is 5.72. The van der Waals surface area contributed by atoms with E-state index >= 15 is 0 Å². The van der Waals surface area contributed by atoms with Crippen molar-refractivity contribution < 1.29 is 18.9 Å². The SMILES string of the molecule is COc1ccc(CN(Cc2ccc(OC)cc2OC)c2ncnc3c2nnn3C2CCCC(C)C2)c(OC)c1. The largest absolute Gasteiger partial charge is 0.497 e. The number of aromatic nitrogens is 5. The Hall–Kier alpha value is -4.08. The standard InChI is InChI=1S/C29H36N6O4/c1-19-7-6-8-22(13-19)35-29-27(32-33-35)28(30-18-31-29)34(16-20-9-11-23(36-2)14-25(20)38-4)17-21-10-12-24(37-3)15-26(21)39-5/h9-12,14-15,18-19,22H,6-8,13,16-17H2,1-5H3. The Balaban J connectivity index is 1.58. The molecule has 39 heavy (non-hydrogen) atoms. The highest BCUT2D eigenvalue weighted by molar-refractivity contribution is 5.82. The van der Waals surface area contributed by atoms with E-state index < -0.39 is 0 Å². The molecular formula is C29H36N6O4. The number of methoxy groups -OCH3 is 4. The van der Waals surface area contributed by atoms with Crippen molar-refractivity contribution in [1.29, 1.82) is 0 Å². The number of hydrogen-bond donors (Lipinski definition) is 0. The molecule has 0 aliphatic heterocycles. The van der Waals surface area contributed by atoms with E-state index in [1.54, 1.807) is 34.8 Å². The van der Waals surface area contributed by atoms with Gasteiger partial charge in [-0.3, -0.25) is 0 Å². The van der Waals surface area contributed by atoms with Crippen LogP contribution < -0.4 is 23.8 Å². The fraction of sp³-hybridized carbons (Fsp3) is 0.448. The van der Waals surface area contributed by atoms with E-state index in [-0.39, 0.29) is 0 Å². The van der Waals surface area contributed by atoms with Gasteiger partial charge in [0.1, 0.15) is 29.3 Å².